The number of hydrogen-bond acceptors (Lipinski definition) is 1. The Morgan fingerprint density at radius 3 is 1.50 bits per heavy atom. The molecule has 12 heteroatoms. The van der Waals surface area contributed by atoms with Crippen LogP contribution in [0.15, 0.2) is 30.3 Å². The summed E-state index contributed by atoms with van der Waals surface area (Å²) < 4.78 is 142. The van der Waals surface area contributed by atoms with Crippen LogP contribution in [-0.4, -0.2) is 41.1 Å². The summed E-state index contributed by atoms with van der Waals surface area (Å²) in [7, 11) is 0. The molecule has 2 unspecified atom stereocenters. The zero-order chi connectivity index (χ0) is 20.8. The third kappa shape index (κ3) is 3.23. The van der Waals surface area contributed by atoms with E-state index in [-0.39, 0.29) is 5.56 Å². The van der Waals surface area contributed by atoms with Gasteiger partial charge < -0.3 is 5.11 Å². The summed E-state index contributed by atoms with van der Waals surface area (Å²) in [4.78, 5) is 0. The SMILES string of the molecule is CC(c1ccccc1)C(O)C(F)(F)C(F)(F)C(F)(F)C(F)(F)C(F)(F)F. The van der Waals surface area contributed by atoms with E-state index in [1.807, 2.05) is 0 Å². The van der Waals surface area contributed by atoms with Crippen molar-refractivity contribution in [2.24, 2.45) is 0 Å². The summed E-state index contributed by atoms with van der Waals surface area (Å²) >= 11 is 0. The van der Waals surface area contributed by atoms with Gasteiger partial charge in [-0.1, -0.05) is 37.3 Å². The highest BCUT2D eigenvalue weighted by atomic mass is 19.4. The Balaban J connectivity index is 3.35. The molecule has 0 spiro atoms. The van der Waals surface area contributed by atoms with Crippen molar-refractivity contribution in [3.8, 4) is 0 Å². The van der Waals surface area contributed by atoms with Crippen LogP contribution in [0.5, 0.6) is 0 Å². The quantitative estimate of drug-likeness (QED) is 0.642. The van der Waals surface area contributed by atoms with Crippen molar-refractivity contribution in [2.45, 2.75) is 48.8 Å². The lowest BCUT2D eigenvalue weighted by Gasteiger charge is -2.40. The summed E-state index contributed by atoms with van der Waals surface area (Å²) in [6.45, 7) is 0.685. The van der Waals surface area contributed by atoms with Crippen LogP contribution in [0.3, 0.4) is 0 Å². The van der Waals surface area contributed by atoms with E-state index in [9.17, 15) is 53.4 Å². The van der Waals surface area contributed by atoms with Gasteiger partial charge in [0.25, 0.3) is 0 Å². The van der Waals surface area contributed by atoms with Gasteiger partial charge in [0.1, 0.15) is 6.10 Å². The van der Waals surface area contributed by atoms with E-state index in [2.05, 4.69) is 0 Å². The van der Waals surface area contributed by atoms with Gasteiger partial charge >= 0.3 is 29.9 Å². The van der Waals surface area contributed by atoms with Crippen molar-refractivity contribution in [1.82, 2.24) is 0 Å². The molecule has 1 nitrogen and oxygen atoms in total. The minimum absolute atomic E-state index is 0.263. The molecule has 0 bridgehead atoms. The molecule has 0 saturated heterocycles. The molecule has 0 fully saturated rings. The topological polar surface area (TPSA) is 20.2 Å². The largest absolute Gasteiger partial charge is 0.460 e. The van der Waals surface area contributed by atoms with Gasteiger partial charge in [-0.15, -0.1) is 0 Å². The molecular formula is C14H11F11O. The van der Waals surface area contributed by atoms with E-state index >= 15 is 0 Å². The Morgan fingerprint density at radius 1 is 0.692 bits per heavy atom. The Hall–Kier alpha value is -1.59. The molecule has 1 aromatic rings. The molecule has 0 radical (unpaired) electrons. The van der Waals surface area contributed by atoms with Gasteiger partial charge in [0.2, 0.25) is 0 Å². The second-order valence-electron chi connectivity index (χ2n) is 5.49. The fourth-order valence-corrected chi connectivity index (χ4v) is 2.02. The molecule has 1 N–H and O–H groups in total. The molecule has 0 amide bonds. The van der Waals surface area contributed by atoms with E-state index in [0.29, 0.717) is 6.92 Å². The maximum Gasteiger partial charge on any atom is 0.460 e. The third-order valence-corrected chi connectivity index (χ3v) is 3.73. The van der Waals surface area contributed by atoms with Crippen molar-refractivity contribution in [1.29, 1.82) is 0 Å². The standard InChI is InChI=1S/C14H11F11O/c1-7(8-5-3-2-4-6-8)9(26)10(15,16)11(17,18)12(19,20)13(21,22)14(23,24)25/h2-7,9,26H,1H3. The number of benzene rings is 1. The second-order valence-corrected chi connectivity index (χ2v) is 5.49. The molecule has 0 heterocycles. The van der Waals surface area contributed by atoms with Gasteiger partial charge in [0.15, 0.2) is 0 Å². The van der Waals surface area contributed by atoms with Gasteiger partial charge in [-0.05, 0) is 5.56 Å². The number of aliphatic hydroxyl groups excluding tert-OH is 1. The molecule has 26 heavy (non-hydrogen) atoms. The smallest absolute Gasteiger partial charge is 0.386 e. The highest BCUT2D eigenvalue weighted by molar-refractivity contribution is 5.22. The first-order valence-corrected chi connectivity index (χ1v) is 6.74. The molecule has 0 aliphatic heterocycles. The lowest BCUT2D eigenvalue weighted by molar-refractivity contribution is -0.429. The summed E-state index contributed by atoms with van der Waals surface area (Å²) in [5.74, 6) is -30.5. The normalized spacial score (nSPS) is 17.1. The molecule has 1 rings (SSSR count). The highest BCUT2D eigenvalue weighted by Crippen LogP contribution is 2.58. The molecular weight excluding hydrogens is 393 g/mol. The fraction of sp³-hybridized carbons (Fsp3) is 0.571. The molecule has 0 aliphatic rings. The van der Waals surface area contributed by atoms with Crippen molar-refractivity contribution < 1.29 is 53.4 Å². The number of halogens is 11. The first-order valence-electron chi connectivity index (χ1n) is 6.74. The van der Waals surface area contributed by atoms with E-state index in [4.69, 9.17) is 0 Å². The van der Waals surface area contributed by atoms with Gasteiger partial charge in [-0.25, -0.2) is 0 Å². The zero-order valence-electron chi connectivity index (χ0n) is 12.6. The van der Waals surface area contributed by atoms with Crippen LogP contribution in [0.4, 0.5) is 48.3 Å². The molecule has 1 aromatic carbocycles. The molecule has 2 atom stereocenters. The highest BCUT2D eigenvalue weighted by Gasteiger charge is 2.88. The Bertz CT molecular complexity index is 609. The van der Waals surface area contributed by atoms with E-state index in [1.165, 1.54) is 18.2 Å². The maximum atomic E-state index is 13.8. The molecule has 0 aliphatic carbocycles. The fourth-order valence-electron chi connectivity index (χ4n) is 2.02. The number of hydrogen-bond donors (Lipinski definition) is 1. The lowest BCUT2D eigenvalue weighted by atomic mass is 9.86. The summed E-state index contributed by atoms with van der Waals surface area (Å²) in [5, 5.41) is 9.38. The van der Waals surface area contributed by atoms with Crippen LogP contribution in [0, 0.1) is 0 Å². The van der Waals surface area contributed by atoms with Crippen LogP contribution in [0.25, 0.3) is 0 Å². The van der Waals surface area contributed by atoms with Crippen LogP contribution < -0.4 is 0 Å². The molecule has 0 aromatic heterocycles. The summed E-state index contributed by atoms with van der Waals surface area (Å²) in [5.41, 5.74) is -0.263. The number of aliphatic hydroxyl groups is 1. The summed E-state index contributed by atoms with van der Waals surface area (Å²) in [6, 6.07) is 5.84. The van der Waals surface area contributed by atoms with Gasteiger partial charge in [0.05, 0.1) is 0 Å². The third-order valence-electron chi connectivity index (χ3n) is 3.73. The van der Waals surface area contributed by atoms with Crippen LogP contribution in [0.2, 0.25) is 0 Å². The first-order chi connectivity index (χ1) is 11.4. The average Bonchev–Trinajstić information content (AvgIpc) is 2.52. The van der Waals surface area contributed by atoms with Gasteiger partial charge in [0, 0.05) is 5.92 Å². The Kier molecular flexibility index (Phi) is 5.64. The van der Waals surface area contributed by atoms with Crippen molar-refractivity contribution in [3.63, 3.8) is 0 Å². The second kappa shape index (κ2) is 6.54. The van der Waals surface area contributed by atoms with Gasteiger partial charge in [-0.3, -0.25) is 0 Å². The van der Waals surface area contributed by atoms with Crippen LogP contribution >= 0.6 is 0 Å². The minimum atomic E-state index is -7.53. The molecule has 0 saturated carbocycles. The predicted octanol–water partition coefficient (Wildman–Crippen LogP) is 5.25. The minimum Gasteiger partial charge on any atom is -0.386 e. The van der Waals surface area contributed by atoms with Crippen molar-refractivity contribution in [3.05, 3.63) is 35.9 Å². The monoisotopic (exact) mass is 404 g/mol. The average molecular weight is 404 g/mol. The van der Waals surface area contributed by atoms with E-state index in [1.54, 1.807) is 0 Å². The predicted molar refractivity (Wildman–Crippen MR) is 66.7 cm³/mol. The van der Waals surface area contributed by atoms with Crippen molar-refractivity contribution in [2.75, 3.05) is 0 Å². The van der Waals surface area contributed by atoms with E-state index in [0.717, 1.165) is 12.1 Å². The lowest BCUT2D eigenvalue weighted by Crippen LogP contribution is -2.69. The van der Waals surface area contributed by atoms with Crippen molar-refractivity contribution >= 4 is 0 Å². The Labute approximate surface area is 139 Å². The van der Waals surface area contributed by atoms with Crippen LogP contribution in [0.1, 0.15) is 18.4 Å². The number of rotatable bonds is 6. The zero-order valence-corrected chi connectivity index (χ0v) is 12.6. The van der Waals surface area contributed by atoms with Gasteiger partial charge in [-0.2, -0.15) is 48.3 Å². The molecule has 150 valence electrons. The van der Waals surface area contributed by atoms with Crippen LogP contribution in [-0.2, 0) is 0 Å². The van der Waals surface area contributed by atoms with E-state index < -0.39 is 41.9 Å². The summed E-state index contributed by atoms with van der Waals surface area (Å²) in [6.07, 6.45) is -10.9. The Morgan fingerprint density at radius 2 is 1.12 bits per heavy atom. The first kappa shape index (κ1) is 22.5. The number of alkyl halides is 11. The maximum absolute atomic E-state index is 13.8.